The van der Waals surface area contributed by atoms with Crippen LogP contribution in [0.4, 0.5) is 4.79 Å². The van der Waals surface area contributed by atoms with E-state index in [0.29, 0.717) is 12.6 Å². The Balaban J connectivity index is 2.48. The lowest BCUT2D eigenvalue weighted by Crippen LogP contribution is -2.51. The number of hydrogen-bond acceptors (Lipinski definition) is 3. The number of ether oxygens (including phenoxy) is 1. The normalized spacial score (nSPS) is 17.2. The van der Waals surface area contributed by atoms with E-state index in [2.05, 4.69) is 33.0 Å². The molecule has 22 heavy (non-hydrogen) atoms. The number of carbonyl (C=O) groups excluding carboxylic acids is 1. The van der Waals surface area contributed by atoms with E-state index in [1.807, 2.05) is 25.7 Å². The second-order valence-electron chi connectivity index (χ2n) is 8.54. The topological polar surface area (TPSA) is 41.6 Å². The highest BCUT2D eigenvalue weighted by Gasteiger charge is 2.30. The van der Waals surface area contributed by atoms with Crippen LogP contribution < -0.4 is 5.32 Å². The Bertz CT molecular complexity index is 351. The first-order chi connectivity index (χ1) is 10.0. The van der Waals surface area contributed by atoms with Crippen molar-refractivity contribution >= 4 is 6.09 Å². The summed E-state index contributed by atoms with van der Waals surface area (Å²) in [5.41, 5.74) is -0.686. The van der Waals surface area contributed by atoms with E-state index < -0.39 is 5.60 Å². The van der Waals surface area contributed by atoms with Gasteiger partial charge in [0, 0.05) is 24.7 Å². The summed E-state index contributed by atoms with van der Waals surface area (Å²) in [5, 5.41) is 3.61. The van der Waals surface area contributed by atoms with Crippen LogP contribution in [0.1, 0.15) is 74.1 Å². The third-order valence-corrected chi connectivity index (χ3v) is 4.00. The van der Waals surface area contributed by atoms with Gasteiger partial charge in [0.1, 0.15) is 5.60 Å². The number of rotatable bonds is 7. The third-order valence-electron chi connectivity index (χ3n) is 4.00. The number of carbonyl (C=O) groups is 1. The molecule has 1 aliphatic rings. The van der Waals surface area contributed by atoms with Crippen LogP contribution in [0.2, 0.25) is 0 Å². The molecule has 1 fully saturated rings. The number of hydrogen-bond donors (Lipinski definition) is 1. The minimum atomic E-state index is -0.452. The van der Waals surface area contributed by atoms with E-state index in [-0.39, 0.29) is 11.6 Å². The van der Waals surface area contributed by atoms with E-state index in [9.17, 15) is 4.79 Å². The monoisotopic (exact) mass is 312 g/mol. The van der Waals surface area contributed by atoms with Gasteiger partial charge in [-0.15, -0.1) is 0 Å². The maximum atomic E-state index is 12.4. The zero-order valence-electron chi connectivity index (χ0n) is 15.7. The van der Waals surface area contributed by atoms with Gasteiger partial charge >= 0.3 is 6.09 Å². The SMILES string of the molecule is CCC(CC1CC1)NCCN(C(=O)OC(C)(C)C)C(C)(C)C. The Morgan fingerprint density at radius 2 is 1.82 bits per heavy atom. The quantitative estimate of drug-likeness (QED) is 0.766. The van der Waals surface area contributed by atoms with Gasteiger partial charge in [0.2, 0.25) is 0 Å². The van der Waals surface area contributed by atoms with Gasteiger partial charge < -0.3 is 15.0 Å². The highest BCUT2D eigenvalue weighted by atomic mass is 16.6. The highest BCUT2D eigenvalue weighted by Crippen LogP contribution is 2.34. The van der Waals surface area contributed by atoms with Gasteiger partial charge in [-0.1, -0.05) is 19.8 Å². The molecule has 1 aliphatic carbocycles. The number of nitrogens with zero attached hydrogens (tertiary/aromatic N) is 1. The van der Waals surface area contributed by atoms with Crippen LogP contribution in [-0.2, 0) is 4.74 Å². The molecular weight excluding hydrogens is 276 g/mol. The van der Waals surface area contributed by atoms with Gasteiger partial charge in [0.25, 0.3) is 0 Å². The lowest BCUT2D eigenvalue weighted by atomic mass is 10.1. The molecule has 1 rings (SSSR count). The number of amides is 1. The highest BCUT2D eigenvalue weighted by molar-refractivity contribution is 5.69. The fourth-order valence-electron chi connectivity index (χ4n) is 2.55. The Morgan fingerprint density at radius 1 is 1.23 bits per heavy atom. The van der Waals surface area contributed by atoms with E-state index in [1.165, 1.54) is 19.3 Å². The summed E-state index contributed by atoms with van der Waals surface area (Å²) in [5.74, 6) is 0.932. The minimum Gasteiger partial charge on any atom is -0.444 e. The van der Waals surface area contributed by atoms with Crippen LogP contribution in [0.3, 0.4) is 0 Å². The molecule has 0 aromatic carbocycles. The van der Waals surface area contributed by atoms with Crippen molar-refractivity contribution in [3.63, 3.8) is 0 Å². The van der Waals surface area contributed by atoms with Crippen molar-refractivity contribution in [2.45, 2.75) is 91.3 Å². The van der Waals surface area contributed by atoms with Crippen molar-refractivity contribution in [2.24, 2.45) is 5.92 Å². The van der Waals surface area contributed by atoms with Crippen LogP contribution in [0.5, 0.6) is 0 Å². The Hall–Kier alpha value is -0.770. The fourth-order valence-corrected chi connectivity index (χ4v) is 2.55. The second kappa shape index (κ2) is 7.67. The van der Waals surface area contributed by atoms with E-state index in [0.717, 1.165) is 18.9 Å². The average molecular weight is 312 g/mol. The molecule has 1 unspecified atom stereocenters. The molecule has 4 nitrogen and oxygen atoms in total. The standard InChI is InChI=1S/C18H36N2O2/c1-8-15(13-14-9-10-14)19-11-12-20(17(2,3)4)16(21)22-18(5,6)7/h14-15,19H,8-13H2,1-7H3. The van der Waals surface area contributed by atoms with Crippen molar-refractivity contribution < 1.29 is 9.53 Å². The Labute approximate surface area is 137 Å². The molecule has 0 aliphatic heterocycles. The fraction of sp³-hybridized carbons (Fsp3) is 0.944. The van der Waals surface area contributed by atoms with Crippen LogP contribution in [-0.4, -0.2) is 41.3 Å². The van der Waals surface area contributed by atoms with Crippen molar-refractivity contribution in [1.82, 2.24) is 10.2 Å². The maximum Gasteiger partial charge on any atom is 0.410 e. The molecule has 1 amide bonds. The summed E-state index contributed by atoms with van der Waals surface area (Å²) in [7, 11) is 0. The molecule has 0 saturated heterocycles. The van der Waals surface area contributed by atoms with E-state index >= 15 is 0 Å². The van der Waals surface area contributed by atoms with E-state index in [4.69, 9.17) is 4.74 Å². The molecule has 4 heteroatoms. The van der Waals surface area contributed by atoms with Crippen LogP contribution in [0.25, 0.3) is 0 Å². The average Bonchev–Trinajstić information content (AvgIpc) is 3.12. The van der Waals surface area contributed by atoms with Gasteiger partial charge in [-0.2, -0.15) is 0 Å². The molecule has 1 saturated carbocycles. The van der Waals surface area contributed by atoms with Crippen molar-refractivity contribution in [2.75, 3.05) is 13.1 Å². The Kier molecular flexibility index (Phi) is 6.72. The predicted octanol–water partition coefficient (Wildman–Crippen LogP) is 4.19. The third kappa shape index (κ3) is 7.48. The van der Waals surface area contributed by atoms with Gasteiger partial charge in [-0.3, -0.25) is 0 Å². The lowest BCUT2D eigenvalue weighted by Gasteiger charge is -2.37. The molecular formula is C18H36N2O2. The van der Waals surface area contributed by atoms with Crippen LogP contribution in [0.15, 0.2) is 0 Å². The number of nitrogens with one attached hydrogen (secondary N) is 1. The maximum absolute atomic E-state index is 12.4. The predicted molar refractivity (Wildman–Crippen MR) is 92.1 cm³/mol. The largest absolute Gasteiger partial charge is 0.444 e. The molecule has 0 aromatic rings. The molecule has 0 aromatic heterocycles. The van der Waals surface area contributed by atoms with Gasteiger partial charge in [0.15, 0.2) is 0 Å². The smallest absolute Gasteiger partial charge is 0.410 e. The second-order valence-corrected chi connectivity index (χ2v) is 8.54. The molecule has 130 valence electrons. The van der Waals surface area contributed by atoms with Crippen LogP contribution >= 0.6 is 0 Å². The van der Waals surface area contributed by atoms with Gasteiger partial charge in [-0.25, -0.2) is 4.79 Å². The first-order valence-electron chi connectivity index (χ1n) is 8.77. The molecule has 0 heterocycles. The zero-order valence-corrected chi connectivity index (χ0v) is 15.7. The summed E-state index contributed by atoms with van der Waals surface area (Å²) in [6.45, 7) is 15.6. The zero-order chi connectivity index (χ0) is 17.0. The molecule has 0 spiro atoms. The van der Waals surface area contributed by atoms with Gasteiger partial charge in [0.05, 0.1) is 0 Å². The van der Waals surface area contributed by atoms with Crippen molar-refractivity contribution in [3.8, 4) is 0 Å². The first-order valence-corrected chi connectivity index (χ1v) is 8.77. The summed E-state index contributed by atoms with van der Waals surface area (Å²) >= 11 is 0. The summed E-state index contributed by atoms with van der Waals surface area (Å²) in [6.07, 6.45) is 4.99. The first kappa shape index (κ1) is 19.3. The van der Waals surface area contributed by atoms with E-state index in [1.54, 1.807) is 0 Å². The molecule has 1 N–H and O–H groups in total. The Morgan fingerprint density at radius 3 is 2.23 bits per heavy atom. The van der Waals surface area contributed by atoms with Crippen molar-refractivity contribution in [3.05, 3.63) is 0 Å². The minimum absolute atomic E-state index is 0.225. The van der Waals surface area contributed by atoms with Crippen LogP contribution in [0, 0.1) is 5.92 Å². The van der Waals surface area contributed by atoms with Gasteiger partial charge in [-0.05, 0) is 60.3 Å². The summed E-state index contributed by atoms with van der Waals surface area (Å²) < 4.78 is 5.54. The molecule has 0 bridgehead atoms. The molecule has 0 radical (unpaired) electrons. The summed E-state index contributed by atoms with van der Waals surface area (Å²) in [6, 6.07) is 0.577. The van der Waals surface area contributed by atoms with Crippen molar-refractivity contribution in [1.29, 1.82) is 0 Å². The summed E-state index contributed by atoms with van der Waals surface area (Å²) in [4.78, 5) is 14.2. The lowest BCUT2D eigenvalue weighted by molar-refractivity contribution is 0.00643. The molecule has 1 atom stereocenters.